The summed E-state index contributed by atoms with van der Waals surface area (Å²) in [5, 5.41) is 6.52. The van der Waals surface area contributed by atoms with Crippen LogP contribution >= 0.6 is 0 Å². The van der Waals surface area contributed by atoms with Crippen LogP contribution in [0.4, 0.5) is 0 Å². The molecule has 0 aliphatic carbocycles. The van der Waals surface area contributed by atoms with Crippen LogP contribution in [0, 0.1) is 103 Å². The molecule has 0 aliphatic rings. The van der Waals surface area contributed by atoms with Gasteiger partial charge in [0.2, 0.25) is 56.1 Å². The molecule has 0 fully saturated rings. The van der Waals surface area contributed by atoms with E-state index in [4.69, 9.17) is 0 Å². The van der Waals surface area contributed by atoms with Gasteiger partial charge in [0.1, 0.15) is 35.2 Å². The summed E-state index contributed by atoms with van der Waals surface area (Å²) < 4.78 is 11.5. The summed E-state index contributed by atoms with van der Waals surface area (Å²) in [5.41, 5.74) is 39.4. The molecule has 103 heavy (non-hydrogen) atoms. The molecule has 0 bridgehead atoms. The second kappa shape index (κ2) is 31.6. The average Bonchev–Trinajstić information content (AvgIpc) is 0.798. The highest BCUT2D eigenvalue weighted by atomic mass is 15.0. The molecular weight excluding hydrogens is 1250 g/mol. The maximum atomic E-state index is 2.38. The molecule has 10 aromatic carbocycles. The highest BCUT2D eigenvalue weighted by molar-refractivity contribution is 5.84. The van der Waals surface area contributed by atoms with Crippen molar-refractivity contribution in [3.63, 3.8) is 0 Å². The Bertz CT molecular complexity index is 5690. The van der Waals surface area contributed by atoms with E-state index in [0.29, 0.717) is 5.92 Å². The van der Waals surface area contributed by atoms with Gasteiger partial charge in [-0.15, -0.1) is 0 Å². The van der Waals surface area contributed by atoms with E-state index in [9.17, 15) is 0 Å². The van der Waals surface area contributed by atoms with E-state index in [-0.39, 0.29) is 0 Å². The summed E-state index contributed by atoms with van der Waals surface area (Å²) >= 11 is 0. The molecule has 5 nitrogen and oxygen atoms in total. The number of pyridine rings is 5. The second-order valence-electron chi connectivity index (χ2n) is 29.5. The summed E-state index contributed by atoms with van der Waals surface area (Å²) in [6.07, 6.45) is 1.11. The van der Waals surface area contributed by atoms with Crippen molar-refractivity contribution in [2.45, 2.75) is 117 Å². The van der Waals surface area contributed by atoms with Crippen molar-refractivity contribution in [2.24, 2.45) is 41.2 Å². The zero-order valence-electron chi connectivity index (χ0n) is 65.1. The number of benzene rings is 10. The van der Waals surface area contributed by atoms with Gasteiger partial charge in [-0.25, -0.2) is 0 Å². The van der Waals surface area contributed by atoms with Crippen molar-refractivity contribution >= 4 is 54.5 Å². The number of hydrogen-bond acceptors (Lipinski definition) is 0. The third kappa shape index (κ3) is 16.3. The van der Waals surface area contributed by atoms with Crippen LogP contribution in [0.3, 0.4) is 0 Å². The normalized spacial score (nSPS) is 11.1. The fourth-order valence-electron chi connectivity index (χ4n) is 14.8. The minimum atomic E-state index is 0.654. The summed E-state index contributed by atoms with van der Waals surface area (Å²) in [6, 6.07) is 88.3. The fraction of sp³-hybridized carbons (Fsp3) is 0.235. The van der Waals surface area contributed by atoms with Crippen molar-refractivity contribution in [3.05, 3.63) is 326 Å². The van der Waals surface area contributed by atoms with Crippen LogP contribution in [0.25, 0.3) is 111 Å². The zero-order valence-corrected chi connectivity index (χ0v) is 65.1. The predicted octanol–water partition coefficient (Wildman–Crippen LogP) is 22.2. The molecule has 0 N–H and O–H groups in total. The van der Waals surface area contributed by atoms with Crippen LogP contribution in [-0.2, 0) is 41.7 Å². The van der Waals surface area contributed by atoms with E-state index in [1.165, 1.54) is 194 Å². The highest BCUT2D eigenvalue weighted by Crippen LogP contribution is 2.32. The predicted molar refractivity (Wildman–Crippen MR) is 438 cm³/mol. The van der Waals surface area contributed by atoms with E-state index < -0.39 is 0 Å². The van der Waals surface area contributed by atoms with Gasteiger partial charge in [-0.3, -0.25) is 0 Å². The molecule has 15 aromatic rings. The first-order valence-electron chi connectivity index (χ1n) is 36.6. The summed E-state index contributed by atoms with van der Waals surface area (Å²) in [7, 11) is 10.8. The average molecular weight is 1350 g/mol. The van der Waals surface area contributed by atoms with Crippen LogP contribution in [0.1, 0.15) is 97.3 Å². The first kappa shape index (κ1) is 73.5. The van der Waals surface area contributed by atoms with Crippen molar-refractivity contribution in [2.75, 3.05) is 0 Å². The first-order chi connectivity index (χ1) is 49.2. The van der Waals surface area contributed by atoms with Crippen molar-refractivity contribution < 1.29 is 22.8 Å². The van der Waals surface area contributed by atoms with E-state index in [0.717, 1.165) is 6.42 Å². The second-order valence-corrected chi connectivity index (χ2v) is 29.5. The molecule has 0 spiro atoms. The Morgan fingerprint density at radius 2 is 0.573 bits per heavy atom. The van der Waals surface area contributed by atoms with Crippen molar-refractivity contribution in [1.29, 1.82) is 0 Å². The SMILES string of the molecule is Cc1cc(C)c(C)c(-c2ccc3cc(C)ccc3[n+]2C)c1.Cc1cc(C)c(C)c(-c2ccc3ccc(C)cc3[n+]2C)c1.Cc1ccc(C)c(-c2ccc3ccc(C)cc3[n+]2C)c1.Cc1ccc2ccc(-c3ccccc3C)[n+](C)c2c1.Cc1ccccc1-c1cc(CC(C)C)c2ccccc2[n+]1C. The molecule has 0 amide bonds. The number of para-hydroxylation sites is 1. The van der Waals surface area contributed by atoms with Crippen molar-refractivity contribution in [3.8, 4) is 56.3 Å². The number of hydrogen-bond donors (Lipinski definition) is 0. The Balaban J connectivity index is 0.000000129. The van der Waals surface area contributed by atoms with Gasteiger partial charge >= 0.3 is 0 Å². The monoisotopic (exact) mass is 1350 g/mol. The molecule has 0 atom stereocenters. The molecule has 0 unspecified atom stereocenters. The van der Waals surface area contributed by atoms with Crippen LogP contribution in [0.15, 0.2) is 243 Å². The largest absolute Gasteiger partial charge is 0.213 e. The zero-order chi connectivity index (χ0) is 73.7. The van der Waals surface area contributed by atoms with Gasteiger partial charge in [0.15, 0.2) is 0 Å². The van der Waals surface area contributed by atoms with Gasteiger partial charge in [0.05, 0.1) is 0 Å². The third-order valence-electron chi connectivity index (χ3n) is 20.9. The number of rotatable bonds is 7. The lowest BCUT2D eigenvalue weighted by Crippen LogP contribution is -2.32. The van der Waals surface area contributed by atoms with Gasteiger partial charge in [-0.1, -0.05) is 133 Å². The summed E-state index contributed by atoms with van der Waals surface area (Å²) in [4.78, 5) is 0. The Hall–Kier alpha value is -10.8. The minimum absolute atomic E-state index is 0.654. The fourth-order valence-corrected chi connectivity index (χ4v) is 14.8. The Labute approximate surface area is 614 Å². The topological polar surface area (TPSA) is 19.4 Å². The van der Waals surface area contributed by atoms with Gasteiger partial charge in [-0.2, -0.15) is 22.8 Å². The minimum Gasteiger partial charge on any atom is -0.194 e. The van der Waals surface area contributed by atoms with Crippen LogP contribution in [-0.4, -0.2) is 0 Å². The standard InChI is InChI=1S/C21H24N.2C20H22N.C19H20N.C18H18N/c1-15(2)13-17-14-21(18-10-6-5-9-16(18)3)22(4)20-12-8-7-11-19(17)20;1-13-6-8-19-17(11-13)7-9-20(21(19)5)18-12-14(2)10-15(3)16(18)4;1-13-6-7-17-8-9-19(21(5)20(17)12-13)18-11-14(2)10-15(3)16(18)4;1-13-5-7-15(3)17(11-13)18-10-9-16-8-6-14(2)12-19(16)20(18)4;1-13-8-9-15-10-11-17(19(3)18(15)12-13)16-7-5-4-6-14(16)2/h5-12,14-15H,13H2,1-4H3;2*6-12H,1-5H3;5-12H,1-4H3;4-12H,1-3H3/q5*+1. The lowest BCUT2D eigenvalue weighted by atomic mass is 9.95. The third-order valence-corrected chi connectivity index (χ3v) is 20.9. The van der Waals surface area contributed by atoms with E-state index in [1.807, 2.05) is 0 Å². The Morgan fingerprint density at radius 1 is 0.233 bits per heavy atom. The van der Waals surface area contributed by atoms with Gasteiger partial charge in [0.25, 0.3) is 0 Å². The molecule has 518 valence electrons. The van der Waals surface area contributed by atoms with Gasteiger partial charge in [-0.05, 0) is 255 Å². The summed E-state index contributed by atoms with van der Waals surface area (Å²) in [5.74, 6) is 0.654. The van der Waals surface area contributed by atoms with E-state index in [1.54, 1.807) is 0 Å². The maximum Gasteiger partial charge on any atom is 0.213 e. The molecule has 5 aromatic heterocycles. The van der Waals surface area contributed by atoms with Gasteiger partial charge < -0.3 is 0 Å². The molecule has 0 saturated heterocycles. The van der Waals surface area contributed by atoms with Gasteiger partial charge in [0, 0.05) is 115 Å². The molecule has 15 rings (SSSR count). The number of fused-ring (bicyclic) bond motifs is 5. The number of aryl methyl sites for hydroxylation is 17. The maximum absolute atomic E-state index is 2.38. The summed E-state index contributed by atoms with van der Waals surface area (Å²) in [6.45, 7) is 35.0. The number of nitrogens with zero attached hydrogens (tertiary/aromatic N) is 5. The van der Waals surface area contributed by atoms with Crippen LogP contribution in [0.5, 0.6) is 0 Å². The van der Waals surface area contributed by atoms with Crippen LogP contribution < -0.4 is 22.8 Å². The van der Waals surface area contributed by atoms with Crippen molar-refractivity contribution in [1.82, 2.24) is 0 Å². The number of aromatic nitrogens is 5. The quantitative estimate of drug-likeness (QED) is 0.142. The molecular formula is C98H106N5+5. The van der Waals surface area contributed by atoms with E-state index >= 15 is 0 Å². The Kier molecular flexibility index (Phi) is 22.6. The molecule has 5 heterocycles. The Morgan fingerprint density at radius 3 is 1.05 bits per heavy atom. The highest BCUT2D eigenvalue weighted by Gasteiger charge is 2.23. The first-order valence-corrected chi connectivity index (χ1v) is 36.6. The lowest BCUT2D eigenvalue weighted by molar-refractivity contribution is -0.633. The molecule has 0 aliphatic heterocycles. The molecule has 0 radical (unpaired) electrons. The molecule has 0 saturated carbocycles. The van der Waals surface area contributed by atoms with E-state index in [2.05, 4.69) is 412 Å². The molecule has 5 heteroatoms. The smallest absolute Gasteiger partial charge is 0.194 e. The van der Waals surface area contributed by atoms with Crippen LogP contribution in [0.2, 0.25) is 0 Å². The lowest BCUT2D eigenvalue weighted by Gasteiger charge is -2.12.